The first-order valence-electron chi connectivity index (χ1n) is 10.1. The summed E-state index contributed by atoms with van der Waals surface area (Å²) in [5, 5.41) is 0. The zero-order valence-electron chi connectivity index (χ0n) is 15.9. The first-order chi connectivity index (χ1) is 12.7. The molecule has 0 amide bonds. The summed E-state index contributed by atoms with van der Waals surface area (Å²) in [6, 6.07) is 11.0. The van der Waals surface area contributed by atoms with E-state index >= 15 is 0 Å². The maximum Gasteiger partial charge on any atom is 0.119 e. The third-order valence-electron chi connectivity index (χ3n) is 6.16. The number of anilines is 1. The number of aromatic nitrogens is 1. The van der Waals surface area contributed by atoms with Crippen molar-refractivity contribution >= 4 is 5.69 Å². The Labute approximate surface area is 157 Å². The molecule has 2 aliphatic rings. The molecule has 0 atom stereocenters. The van der Waals surface area contributed by atoms with Gasteiger partial charge in [0.15, 0.2) is 0 Å². The van der Waals surface area contributed by atoms with Gasteiger partial charge in [0.25, 0.3) is 0 Å². The van der Waals surface area contributed by atoms with Crippen LogP contribution in [-0.2, 0) is 12.8 Å². The molecule has 0 spiro atoms. The van der Waals surface area contributed by atoms with E-state index in [0.717, 1.165) is 25.4 Å². The first kappa shape index (κ1) is 17.4. The number of fused-ring (bicyclic) bond motifs is 1. The quantitative estimate of drug-likeness (QED) is 0.723. The molecule has 1 aromatic heterocycles. The van der Waals surface area contributed by atoms with Gasteiger partial charge in [0.2, 0.25) is 0 Å². The highest BCUT2D eigenvalue weighted by molar-refractivity contribution is 5.45. The Kier molecular flexibility index (Phi) is 5.14. The van der Waals surface area contributed by atoms with Gasteiger partial charge in [0, 0.05) is 36.6 Å². The highest BCUT2D eigenvalue weighted by Gasteiger charge is 2.31. The molecule has 0 unspecified atom stereocenters. The zero-order valence-corrected chi connectivity index (χ0v) is 15.9. The van der Waals surface area contributed by atoms with Crippen molar-refractivity contribution < 1.29 is 4.74 Å². The van der Waals surface area contributed by atoms with Crippen LogP contribution >= 0.6 is 0 Å². The van der Waals surface area contributed by atoms with Crippen molar-refractivity contribution in [2.24, 2.45) is 5.41 Å². The number of hydrogen-bond acceptors (Lipinski definition) is 3. The van der Waals surface area contributed by atoms with Crippen molar-refractivity contribution in [1.82, 2.24) is 4.98 Å². The molecule has 138 valence electrons. The van der Waals surface area contributed by atoms with Crippen LogP contribution in [-0.4, -0.2) is 24.7 Å². The molecule has 0 N–H and O–H groups in total. The molecule has 1 aliphatic carbocycles. The SMILES string of the molecule is CC1(COc2ccc3c(c2)CCCCC3)CCN(c2ccncc2)CC1. The molecule has 3 nitrogen and oxygen atoms in total. The number of nitrogens with zero attached hydrogens (tertiary/aromatic N) is 2. The molecule has 1 fully saturated rings. The van der Waals surface area contributed by atoms with Crippen LogP contribution in [0.4, 0.5) is 5.69 Å². The molecular formula is C23H30N2O. The van der Waals surface area contributed by atoms with Gasteiger partial charge in [-0.1, -0.05) is 19.4 Å². The third kappa shape index (κ3) is 4.03. The second kappa shape index (κ2) is 7.69. The van der Waals surface area contributed by atoms with Crippen LogP contribution < -0.4 is 9.64 Å². The normalized spacial score (nSPS) is 19.5. The van der Waals surface area contributed by atoms with Crippen LogP contribution in [0.1, 0.15) is 50.2 Å². The number of pyridine rings is 1. The molecule has 0 saturated carbocycles. The van der Waals surface area contributed by atoms with Crippen molar-refractivity contribution in [1.29, 1.82) is 0 Å². The van der Waals surface area contributed by atoms with E-state index in [1.54, 1.807) is 0 Å². The number of benzene rings is 1. The lowest BCUT2D eigenvalue weighted by molar-refractivity contribution is 0.131. The summed E-state index contributed by atoms with van der Waals surface area (Å²) in [4.78, 5) is 6.59. The topological polar surface area (TPSA) is 25.4 Å². The first-order valence-corrected chi connectivity index (χ1v) is 10.1. The predicted molar refractivity (Wildman–Crippen MR) is 107 cm³/mol. The van der Waals surface area contributed by atoms with Gasteiger partial charge in [0.05, 0.1) is 6.61 Å². The number of hydrogen-bond donors (Lipinski definition) is 0. The molecule has 3 heteroatoms. The van der Waals surface area contributed by atoms with Gasteiger partial charge in [-0.15, -0.1) is 0 Å². The summed E-state index contributed by atoms with van der Waals surface area (Å²) in [5.74, 6) is 1.06. The lowest BCUT2D eigenvalue weighted by atomic mass is 9.81. The Morgan fingerprint density at radius 3 is 2.46 bits per heavy atom. The van der Waals surface area contributed by atoms with E-state index < -0.39 is 0 Å². The lowest BCUT2D eigenvalue weighted by Gasteiger charge is -2.40. The van der Waals surface area contributed by atoms with Crippen molar-refractivity contribution in [3.05, 3.63) is 53.9 Å². The second-order valence-corrected chi connectivity index (χ2v) is 8.28. The summed E-state index contributed by atoms with van der Waals surface area (Å²) in [6.07, 6.45) is 12.5. The Hall–Kier alpha value is -2.03. The number of ether oxygens (including phenoxy) is 1. The number of aryl methyl sites for hydroxylation is 2. The number of piperidine rings is 1. The summed E-state index contributed by atoms with van der Waals surface area (Å²) in [5.41, 5.74) is 4.59. The van der Waals surface area contributed by atoms with E-state index in [1.807, 2.05) is 12.4 Å². The van der Waals surface area contributed by atoms with Gasteiger partial charge in [-0.3, -0.25) is 4.98 Å². The largest absolute Gasteiger partial charge is 0.493 e. The standard InChI is InChI=1S/C23H30N2O/c1-23(11-15-25(16-12-23)21-9-13-24-14-10-21)18-26-22-8-7-19-5-3-2-4-6-20(19)17-22/h7-10,13-14,17H,2-6,11-12,15-16,18H2,1H3. The monoisotopic (exact) mass is 350 g/mol. The molecule has 0 bridgehead atoms. The molecule has 0 radical (unpaired) electrons. The summed E-state index contributed by atoms with van der Waals surface area (Å²) >= 11 is 0. The Morgan fingerprint density at radius 1 is 0.962 bits per heavy atom. The molecule has 2 heterocycles. The third-order valence-corrected chi connectivity index (χ3v) is 6.16. The van der Waals surface area contributed by atoms with Crippen molar-refractivity contribution in [2.45, 2.75) is 51.9 Å². The minimum Gasteiger partial charge on any atom is -0.493 e. The average Bonchev–Trinajstić information content (AvgIpc) is 2.93. The van der Waals surface area contributed by atoms with Gasteiger partial charge in [0.1, 0.15) is 5.75 Å². The smallest absolute Gasteiger partial charge is 0.119 e. The van der Waals surface area contributed by atoms with Gasteiger partial charge in [-0.2, -0.15) is 0 Å². The van der Waals surface area contributed by atoms with Crippen LogP contribution in [0.2, 0.25) is 0 Å². The number of rotatable bonds is 4. The van der Waals surface area contributed by atoms with E-state index in [2.05, 4.69) is 47.1 Å². The fraction of sp³-hybridized carbons (Fsp3) is 0.522. The van der Waals surface area contributed by atoms with Crippen LogP contribution in [0, 0.1) is 5.41 Å². The summed E-state index contributed by atoms with van der Waals surface area (Å²) < 4.78 is 6.27. The molecule has 2 aromatic rings. The Bertz CT molecular complexity index is 720. The highest BCUT2D eigenvalue weighted by Crippen LogP contribution is 2.34. The molecule has 1 aromatic carbocycles. The van der Waals surface area contributed by atoms with Gasteiger partial charge >= 0.3 is 0 Å². The van der Waals surface area contributed by atoms with E-state index in [0.29, 0.717) is 0 Å². The summed E-state index contributed by atoms with van der Waals surface area (Å²) in [6.45, 7) is 5.37. The van der Waals surface area contributed by atoms with Crippen molar-refractivity contribution in [3.8, 4) is 5.75 Å². The second-order valence-electron chi connectivity index (χ2n) is 8.28. The van der Waals surface area contributed by atoms with E-state index in [9.17, 15) is 0 Å². The molecule has 1 aliphatic heterocycles. The van der Waals surface area contributed by atoms with E-state index in [-0.39, 0.29) is 5.41 Å². The Morgan fingerprint density at radius 2 is 1.69 bits per heavy atom. The average molecular weight is 351 g/mol. The predicted octanol–water partition coefficient (Wildman–Crippen LogP) is 5.04. The highest BCUT2D eigenvalue weighted by atomic mass is 16.5. The van der Waals surface area contributed by atoms with Crippen molar-refractivity contribution in [3.63, 3.8) is 0 Å². The van der Waals surface area contributed by atoms with E-state index in [1.165, 1.54) is 61.8 Å². The summed E-state index contributed by atoms with van der Waals surface area (Å²) in [7, 11) is 0. The van der Waals surface area contributed by atoms with Gasteiger partial charge in [-0.05, 0) is 73.9 Å². The molecular weight excluding hydrogens is 320 g/mol. The van der Waals surface area contributed by atoms with Crippen LogP contribution in [0.15, 0.2) is 42.7 Å². The van der Waals surface area contributed by atoms with Crippen LogP contribution in [0.25, 0.3) is 0 Å². The Balaban J connectivity index is 1.34. The molecule has 1 saturated heterocycles. The molecule has 26 heavy (non-hydrogen) atoms. The van der Waals surface area contributed by atoms with Crippen LogP contribution in [0.3, 0.4) is 0 Å². The minimum atomic E-state index is 0.260. The minimum absolute atomic E-state index is 0.260. The van der Waals surface area contributed by atoms with Gasteiger partial charge in [-0.25, -0.2) is 0 Å². The van der Waals surface area contributed by atoms with Crippen LogP contribution in [0.5, 0.6) is 5.75 Å². The van der Waals surface area contributed by atoms with Gasteiger partial charge < -0.3 is 9.64 Å². The maximum atomic E-state index is 6.27. The zero-order chi connectivity index (χ0) is 17.8. The van der Waals surface area contributed by atoms with E-state index in [4.69, 9.17) is 4.74 Å². The fourth-order valence-corrected chi connectivity index (χ4v) is 4.24. The molecule has 4 rings (SSSR count). The van der Waals surface area contributed by atoms with Crippen molar-refractivity contribution in [2.75, 3.05) is 24.6 Å². The maximum absolute atomic E-state index is 6.27. The lowest BCUT2D eigenvalue weighted by Crippen LogP contribution is -2.41. The fourth-order valence-electron chi connectivity index (χ4n) is 4.24.